The van der Waals surface area contributed by atoms with E-state index in [1.165, 1.54) is 0 Å². The number of carbonyl (C=O) groups is 2. The molecule has 2 atom stereocenters. The van der Waals surface area contributed by atoms with E-state index >= 15 is 0 Å². The number of amides is 2. The van der Waals surface area contributed by atoms with Crippen LogP contribution in [0.3, 0.4) is 0 Å². The molecular weight excluding hydrogens is 316 g/mol. The summed E-state index contributed by atoms with van der Waals surface area (Å²) in [5, 5.41) is 0. The Hall–Kier alpha value is -2.82. The molecule has 1 saturated heterocycles. The van der Waals surface area contributed by atoms with Crippen molar-refractivity contribution >= 4 is 11.8 Å². The quantitative estimate of drug-likeness (QED) is 0.910. The van der Waals surface area contributed by atoms with Crippen molar-refractivity contribution in [1.29, 1.82) is 0 Å². The van der Waals surface area contributed by atoms with Gasteiger partial charge in [-0.1, -0.05) is 42.5 Å². The van der Waals surface area contributed by atoms with Gasteiger partial charge in [-0.25, -0.2) is 0 Å². The minimum Gasteiger partial charge on any atom is -0.481 e. The predicted molar refractivity (Wildman–Crippen MR) is 95.8 cm³/mol. The van der Waals surface area contributed by atoms with Crippen molar-refractivity contribution in [3.63, 3.8) is 0 Å². The Bertz CT molecular complexity index is 743. The zero-order valence-electron chi connectivity index (χ0n) is 14.2. The van der Waals surface area contributed by atoms with Gasteiger partial charge in [0.1, 0.15) is 5.75 Å². The molecule has 1 aliphatic heterocycles. The summed E-state index contributed by atoms with van der Waals surface area (Å²) in [4.78, 5) is 25.3. The maximum Gasteiger partial charge on any atom is 0.263 e. The number of rotatable bonds is 5. The van der Waals surface area contributed by atoms with Crippen LogP contribution in [0.25, 0.3) is 11.1 Å². The van der Waals surface area contributed by atoms with E-state index < -0.39 is 6.10 Å². The van der Waals surface area contributed by atoms with Crippen LogP contribution in [0.1, 0.15) is 13.3 Å². The number of hydrogen-bond acceptors (Lipinski definition) is 3. The molecule has 3 rings (SSSR count). The summed E-state index contributed by atoms with van der Waals surface area (Å²) in [6.07, 6.45) is 0.0220. The third kappa shape index (κ3) is 3.99. The van der Waals surface area contributed by atoms with Crippen LogP contribution >= 0.6 is 0 Å². The molecule has 1 aliphatic rings. The molecule has 2 aromatic carbocycles. The summed E-state index contributed by atoms with van der Waals surface area (Å²) >= 11 is 0. The fraction of sp³-hybridized carbons (Fsp3) is 0.300. The number of likely N-dealkylation sites (tertiary alicyclic amines) is 1. The molecule has 0 saturated carbocycles. The normalized spacial score (nSPS) is 18.0. The minimum atomic E-state index is -0.603. The number of primary amides is 1. The molecule has 5 heteroatoms. The molecule has 0 aliphatic carbocycles. The molecular formula is C20H22N2O3. The van der Waals surface area contributed by atoms with Gasteiger partial charge in [-0.05, 0) is 36.6 Å². The fourth-order valence-corrected chi connectivity index (χ4v) is 3.06. The lowest BCUT2D eigenvalue weighted by Crippen LogP contribution is -2.40. The Kier molecular flexibility index (Phi) is 5.03. The molecule has 0 aromatic heterocycles. The molecule has 5 nitrogen and oxygen atoms in total. The Morgan fingerprint density at radius 3 is 2.32 bits per heavy atom. The van der Waals surface area contributed by atoms with E-state index in [1.807, 2.05) is 54.6 Å². The maximum atomic E-state index is 12.5. The van der Waals surface area contributed by atoms with Crippen LogP contribution in [0.4, 0.5) is 0 Å². The second-order valence-corrected chi connectivity index (χ2v) is 6.32. The van der Waals surface area contributed by atoms with E-state index in [4.69, 9.17) is 10.5 Å². The lowest BCUT2D eigenvalue weighted by atomic mass is 10.1. The zero-order valence-corrected chi connectivity index (χ0v) is 14.2. The number of carbonyl (C=O) groups excluding carboxylic acids is 2. The van der Waals surface area contributed by atoms with Gasteiger partial charge in [-0.3, -0.25) is 9.59 Å². The van der Waals surface area contributed by atoms with E-state index in [0.29, 0.717) is 25.3 Å². The van der Waals surface area contributed by atoms with E-state index in [-0.39, 0.29) is 17.7 Å². The average Bonchev–Trinajstić information content (AvgIpc) is 3.13. The van der Waals surface area contributed by atoms with Crippen LogP contribution in [0.15, 0.2) is 54.6 Å². The van der Waals surface area contributed by atoms with Gasteiger partial charge in [-0.15, -0.1) is 0 Å². The first-order valence-electron chi connectivity index (χ1n) is 8.45. The Labute approximate surface area is 147 Å². The molecule has 2 N–H and O–H groups in total. The van der Waals surface area contributed by atoms with Gasteiger partial charge in [0.15, 0.2) is 6.10 Å². The molecule has 1 fully saturated rings. The topological polar surface area (TPSA) is 72.6 Å². The molecule has 25 heavy (non-hydrogen) atoms. The van der Waals surface area contributed by atoms with Crippen LogP contribution in [-0.2, 0) is 9.59 Å². The molecule has 2 aromatic rings. The second kappa shape index (κ2) is 7.38. The van der Waals surface area contributed by atoms with Crippen molar-refractivity contribution in [1.82, 2.24) is 4.90 Å². The Balaban J connectivity index is 1.60. The van der Waals surface area contributed by atoms with Crippen LogP contribution in [-0.4, -0.2) is 35.9 Å². The van der Waals surface area contributed by atoms with E-state index in [2.05, 4.69) is 0 Å². The summed E-state index contributed by atoms with van der Waals surface area (Å²) in [5.41, 5.74) is 7.54. The molecule has 0 spiro atoms. The summed E-state index contributed by atoms with van der Waals surface area (Å²) < 4.78 is 5.77. The van der Waals surface area contributed by atoms with Crippen LogP contribution in [0.5, 0.6) is 5.75 Å². The third-order valence-corrected chi connectivity index (χ3v) is 4.52. The van der Waals surface area contributed by atoms with E-state index in [9.17, 15) is 9.59 Å². The Morgan fingerprint density at radius 1 is 1.08 bits per heavy atom. The van der Waals surface area contributed by atoms with Gasteiger partial charge in [0.2, 0.25) is 5.91 Å². The summed E-state index contributed by atoms with van der Waals surface area (Å²) in [7, 11) is 0. The van der Waals surface area contributed by atoms with E-state index in [0.717, 1.165) is 11.1 Å². The van der Waals surface area contributed by atoms with Crippen LogP contribution < -0.4 is 10.5 Å². The third-order valence-electron chi connectivity index (χ3n) is 4.52. The second-order valence-electron chi connectivity index (χ2n) is 6.32. The molecule has 0 radical (unpaired) electrons. The predicted octanol–water partition coefficient (Wildman–Crippen LogP) is 2.45. The number of hydrogen-bond donors (Lipinski definition) is 1. The molecule has 2 amide bonds. The molecule has 1 heterocycles. The highest BCUT2D eigenvalue weighted by Crippen LogP contribution is 2.23. The van der Waals surface area contributed by atoms with E-state index in [1.54, 1.807) is 11.8 Å². The standard InChI is InChI=1S/C20H22N2O3/c1-14(20(24)22-12-11-17(13-22)19(21)23)25-18-9-7-16(8-10-18)15-5-3-2-4-6-15/h2-10,14,17H,11-13H2,1H3,(H2,21,23)/t14-,17+/m0/s1. The lowest BCUT2D eigenvalue weighted by molar-refractivity contribution is -0.137. The first-order valence-corrected chi connectivity index (χ1v) is 8.45. The molecule has 0 bridgehead atoms. The summed E-state index contributed by atoms with van der Waals surface area (Å²) in [6.45, 7) is 2.66. The maximum absolute atomic E-state index is 12.5. The zero-order chi connectivity index (χ0) is 17.8. The van der Waals surface area contributed by atoms with Crippen molar-refractivity contribution in [2.45, 2.75) is 19.4 Å². The summed E-state index contributed by atoms with van der Waals surface area (Å²) in [6, 6.07) is 17.7. The van der Waals surface area contributed by atoms with Crippen LogP contribution in [0.2, 0.25) is 0 Å². The number of ether oxygens (including phenoxy) is 1. The largest absolute Gasteiger partial charge is 0.481 e. The van der Waals surface area contributed by atoms with Crippen molar-refractivity contribution in [2.24, 2.45) is 11.7 Å². The first kappa shape index (κ1) is 17.0. The monoisotopic (exact) mass is 338 g/mol. The van der Waals surface area contributed by atoms with Crippen molar-refractivity contribution in [3.05, 3.63) is 54.6 Å². The van der Waals surface area contributed by atoms with Crippen molar-refractivity contribution in [2.75, 3.05) is 13.1 Å². The molecule has 0 unspecified atom stereocenters. The van der Waals surface area contributed by atoms with Gasteiger partial charge in [-0.2, -0.15) is 0 Å². The average molecular weight is 338 g/mol. The Morgan fingerprint density at radius 2 is 1.72 bits per heavy atom. The highest BCUT2D eigenvalue weighted by Gasteiger charge is 2.32. The minimum absolute atomic E-state index is 0.115. The first-order chi connectivity index (χ1) is 12.0. The van der Waals surface area contributed by atoms with Crippen molar-refractivity contribution < 1.29 is 14.3 Å². The fourth-order valence-electron chi connectivity index (χ4n) is 3.06. The summed E-state index contributed by atoms with van der Waals surface area (Å²) in [5.74, 6) is -0.0660. The van der Waals surface area contributed by atoms with Crippen molar-refractivity contribution in [3.8, 4) is 16.9 Å². The number of nitrogens with two attached hydrogens (primary N) is 1. The van der Waals surface area contributed by atoms with Gasteiger partial charge >= 0.3 is 0 Å². The van der Waals surface area contributed by atoms with Gasteiger partial charge in [0.05, 0.1) is 5.92 Å². The highest BCUT2D eigenvalue weighted by molar-refractivity contribution is 5.83. The lowest BCUT2D eigenvalue weighted by Gasteiger charge is -2.21. The van der Waals surface area contributed by atoms with Gasteiger partial charge < -0.3 is 15.4 Å². The van der Waals surface area contributed by atoms with Gasteiger partial charge in [0, 0.05) is 13.1 Å². The molecule has 130 valence electrons. The number of nitrogens with zero attached hydrogens (tertiary/aromatic N) is 1. The number of benzene rings is 2. The van der Waals surface area contributed by atoms with Crippen LogP contribution in [0, 0.1) is 5.92 Å². The highest BCUT2D eigenvalue weighted by atomic mass is 16.5. The smallest absolute Gasteiger partial charge is 0.263 e. The SMILES string of the molecule is C[C@H](Oc1ccc(-c2ccccc2)cc1)C(=O)N1CC[C@@H](C(N)=O)C1. The van der Waals surface area contributed by atoms with Gasteiger partial charge in [0.25, 0.3) is 5.91 Å².